The zero-order chi connectivity index (χ0) is 8.72. The van der Waals surface area contributed by atoms with Crippen LogP contribution < -0.4 is 0 Å². The fourth-order valence-electron chi connectivity index (χ4n) is 2.06. The van der Waals surface area contributed by atoms with Gasteiger partial charge >= 0.3 is 0 Å². The minimum Gasteiger partial charge on any atom is -0.333 e. The van der Waals surface area contributed by atoms with Crippen LogP contribution in [0.1, 0.15) is 25.7 Å². The molecule has 1 aliphatic carbocycles. The van der Waals surface area contributed by atoms with Gasteiger partial charge in [-0.15, -0.1) is 0 Å². The van der Waals surface area contributed by atoms with Crippen LogP contribution in [0.5, 0.6) is 0 Å². The number of amidine groups is 1. The van der Waals surface area contributed by atoms with Crippen molar-refractivity contribution in [2.24, 2.45) is 0 Å². The molecular weight excluding hydrogens is 148 g/mol. The molecule has 0 aromatic carbocycles. The predicted molar refractivity (Wildman–Crippen MR) is 50.1 cm³/mol. The highest BCUT2D eigenvalue weighted by molar-refractivity contribution is 6.03. The second-order valence-electron chi connectivity index (χ2n) is 3.52. The van der Waals surface area contributed by atoms with Crippen molar-refractivity contribution in [3.63, 3.8) is 0 Å². The summed E-state index contributed by atoms with van der Waals surface area (Å²) >= 11 is 0. The predicted octanol–water partition coefficient (Wildman–Crippen LogP) is 2.29. The van der Waals surface area contributed by atoms with Crippen molar-refractivity contribution in [1.82, 2.24) is 4.90 Å². The third-order valence-corrected chi connectivity index (χ3v) is 2.83. The summed E-state index contributed by atoms with van der Waals surface area (Å²) in [6.45, 7) is 3.95. The Morgan fingerprint density at radius 1 is 1.33 bits per heavy atom. The minimum atomic E-state index is 0.599. The lowest BCUT2D eigenvalue weighted by atomic mass is 9.94. The Morgan fingerprint density at radius 2 is 2.00 bits per heavy atom. The number of allylic oxidation sites excluding steroid dienone is 1. The van der Waals surface area contributed by atoms with Crippen LogP contribution in [0.4, 0.5) is 0 Å². The van der Waals surface area contributed by atoms with Gasteiger partial charge in [-0.05, 0) is 31.3 Å². The lowest BCUT2D eigenvalue weighted by Crippen LogP contribution is -2.19. The van der Waals surface area contributed by atoms with E-state index in [2.05, 4.69) is 6.58 Å². The molecule has 2 nitrogen and oxygen atoms in total. The van der Waals surface area contributed by atoms with Gasteiger partial charge in [0.2, 0.25) is 0 Å². The summed E-state index contributed by atoms with van der Waals surface area (Å²) in [5.74, 6) is 0.599. The van der Waals surface area contributed by atoms with Crippen LogP contribution in [0.25, 0.3) is 0 Å². The van der Waals surface area contributed by atoms with Gasteiger partial charge in [0, 0.05) is 18.3 Å². The first-order valence-electron chi connectivity index (χ1n) is 4.46. The summed E-state index contributed by atoms with van der Waals surface area (Å²) in [4.78, 5) is 1.98. The molecule has 1 heterocycles. The average Bonchev–Trinajstić information content (AvgIpc) is 2.33. The van der Waals surface area contributed by atoms with Crippen molar-refractivity contribution in [3.8, 4) is 0 Å². The van der Waals surface area contributed by atoms with Crippen LogP contribution in [0.15, 0.2) is 23.4 Å². The highest BCUT2D eigenvalue weighted by Gasteiger charge is 2.29. The van der Waals surface area contributed by atoms with Crippen molar-refractivity contribution in [1.29, 1.82) is 5.41 Å². The van der Waals surface area contributed by atoms with E-state index in [9.17, 15) is 0 Å². The topological polar surface area (TPSA) is 27.1 Å². The molecule has 0 atom stereocenters. The lowest BCUT2D eigenvalue weighted by molar-refractivity contribution is 0.547. The third kappa shape index (κ3) is 0.840. The van der Waals surface area contributed by atoms with Crippen LogP contribution in [0.2, 0.25) is 0 Å². The summed E-state index contributed by atoms with van der Waals surface area (Å²) in [5.41, 5.74) is 3.64. The number of hydrogen-bond donors (Lipinski definition) is 1. The number of nitrogens with zero attached hydrogens (tertiary/aromatic N) is 1. The van der Waals surface area contributed by atoms with Crippen molar-refractivity contribution in [2.45, 2.75) is 25.7 Å². The Bertz CT molecular complexity index is 286. The molecule has 0 bridgehead atoms. The number of rotatable bonds is 0. The number of nitrogens with one attached hydrogen (secondary N) is 1. The van der Waals surface area contributed by atoms with E-state index < -0.39 is 0 Å². The molecule has 0 saturated carbocycles. The summed E-state index contributed by atoms with van der Waals surface area (Å²) in [6, 6.07) is 0. The normalized spacial score (nSPS) is 23.6. The molecule has 2 aliphatic rings. The maximum atomic E-state index is 7.74. The Kier molecular flexibility index (Phi) is 1.56. The molecular formula is C10H14N2. The molecule has 0 aromatic rings. The first-order valence-corrected chi connectivity index (χ1v) is 4.46. The fraction of sp³-hybridized carbons (Fsp3) is 0.500. The average molecular weight is 162 g/mol. The van der Waals surface area contributed by atoms with Crippen molar-refractivity contribution >= 4 is 5.84 Å². The van der Waals surface area contributed by atoms with Gasteiger partial charge in [0.25, 0.3) is 0 Å². The van der Waals surface area contributed by atoms with Gasteiger partial charge in [-0.2, -0.15) is 0 Å². The zero-order valence-corrected chi connectivity index (χ0v) is 7.48. The van der Waals surface area contributed by atoms with Crippen LogP contribution in [0, 0.1) is 5.41 Å². The highest BCUT2D eigenvalue weighted by Crippen LogP contribution is 2.36. The van der Waals surface area contributed by atoms with Crippen LogP contribution in [-0.2, 0) is 0 Å². The second kappa shape index (κ2) is 2.47. The smallest absolute Gasteiger partial charge is 0.131 e. The van der Waals surface area contributed by atoms with Crippen molar-refractivity contribution < 1.29 is 0 Å². The largest absolute Gasteiger partial charge is 0.333 e. The van der Waals surface area contributed by atoms with Gasteiger partial charge in [0.1, 0.15) is 5.84 Å². The summed E-state index contributed by atoms with van der Waals surface area (Å²) in [7, 11) is 1.97. The molecule has 0 amide bonds. The van der Waals surface area contributed by atoms with E-state index >= 15 is 0 Å². The zero-order valence-electron chi connectivity index (χ0n) is 7.48. The standard InChI is InChI=1S/C10H14N2/c1-7-8-5-3-4-6-9(8)12(2)10(7)11/h11H,1,3-6H2,2H3. The molecule has 12 heavy (non-hydrogen) atoms. The maximum absolute atomic E-state index is 7.74. The van der Waals surface area contributed by atoms with E-state index in [1.807, 2.05) is 11.9 Å². The molecule has 64 valence electrons. The summed E-state index contributed by atoms with van der Waals surface area (Å²) in [5, 5.41) is 7.74. The fourth-order valence-corrected chi connectivity index (χ4v) is 2.06. The van der Waals surface area contributed by atoms with Gasteiger partial charge in [-0.3, -0.25) is 5.41 Å². The van der Waals surface area contributed by atoms with E-state index in [1.54, 1.807) is 0 Å². The first-order chi connectivity index (χ1) is 5.72. The summed E-state index contributed by atoms with van der Waals surface area (Å²) < 4.78 is 0. The van der Waals surface area contributed by atoms with E-state index in [0.717, 1.165) is 18.4 Å². The van der Waals surface area contributed by atoms with E-state index in [4.69, 9.17) is 5.41 Å². The van der Waals surface area contributed by atoms with Gasteiger partial charge in [0.15, 0.2) is 0 Å². The molecule has 0 fully saturated rings. The van der Waals surface area contributed by atoms with Gasteiger partial charge in [-0.1, -0.05) is 6.58 Å². The van der Waals surface area contributed by atoms with Crippen molar-refractivity contribution in [2.75, 3.05) is 7.05 Å². The second-order valence-corrected chi connectivity index (χ2v) is 3.52. The minimum absolute atomic E-state index is 0.599. The molecule has 2 heteroatoms. The molecule has 1 N–H and O–H groups in total. The van der Waals surface area contributed by atoms with Crippen LogP contribution in [-0.4, -0.2) is 17.8 Å². The van der Waals surface area contributed by atoms with Crippen LogP contribution in [0.3, 0.4) is 0 Å². The molecule has 0 aromatic heterocycles. The number of hydrogen-bond acceptors (Lipinski definition) is 1. The van der Waals surface area contributed by atoms with E-state index in [1.165, 1.54) is 24.1 Å². The van der Waals surface area contributed by atoms with Crippen LogP contribution >= 0.6 is 0 Å². The Labute approximate surface area is 73.1 Å². The lowest BCUT2D eigenvalue weighted by Gasteiger charge is -2.18. The van der Waals surface area contributed by atoms with E-state index in [-0.39, 0.29) is 0 Å². The Morgan fingerprint density at radius 3 is 2.67 bits per heavy atom. The molecule has 0 spiro atoms. The SMILES string of the molecule is C=C1C(=N)N(C)C2=C1CCCC2. The molecule has 0 saturated heterocycles. The quantitative estimate of drug-likeness (QED) is 0.581. The monoisotopic (exact) mass is 162 g/mol. The van der Waals surface area contributed by atoms with Gasteiger partial charge in [0.05, 0.1) is 0 Å². The van der Waals surface area contributed by atoms with E-state index in [0.29, 0.717) is 5.84 Å². The maximum Gasteiger partial charge on any atom is 0.131 e. The third-order valence-electron chi connectivity index (χ3n) is 2.83. The molecule has 1 aliphatic heterocycles. The molecule has 0 radical (unpaired) electrons. The van der Waals surface area contributed by atoms with Gasteiger partial charge in [-0.25, -0.2) is 0 Å². The Balaban J connectivity index is 2.41. The molecule has 0 unspecified atom stereocenters. The summed E-state index contributed by atoms with van der Waals surface area (Å²) in [6.07, 6.45) is 4.79. The first kappa shape index (κ1) is 7.59. The van der Waals surface area contributed by atoms with Crippen molar-refractivity contribution in [3.05, 3.63) is 23.4 Å². The molecule has 2 rings (SSSR count). The Hall–Kier alpha value is -1.05. The number of likely N-dealkylation sites (N-methyl/N-ethyl adjacent to an activating group) is 1. The highest BCUT2D eigenvalue weighted by atomic mass is 15.2. The van der Waals surface area contributed by atoms with Gasteiger partial charge < -0.3 is 4.90 Å².